The van der Waals surface area contributed by atoms with Gasteiger partial charge in [-0.1, -0.05) is 12.1 Å². The molecule has 3 aromatic rings. The standard InChI is InChI=1S/C18H13F2N3O/c19-18(20)12-8-16-22-15-7-10(14-3-1-2-6-21-14)4-5-11(15)17(24)23(16)9-13(12)18/h1-7,12-13H,8-9H2. The minimum absolute atomic E-state index is 0.0662. The molecule has 2 atom stereocenters. The molecule has 1 aliphatic carbocycles. The Hall–Kier alpha value is -2.63. The average Bonchev–Trinajstić information content (AvgIpc) is 3.14. The smallest absolute Gasteiger partial charge is 0.261 e. The molecule has 120 valence electrons. The Morgan fingerprint density at radius 1 is 1.17 bits per heavy atom. The lowest BCUT2D eigenvalue weighted by molar-refractivity contribution is 0.0839. The summed E-state index contributed by atoms with van der Waals surface area (Å²) < 4.78 is 28.8. The summed E-state index contributed by atoms with van der Waals surface area (Å²) >= 11 is 0. The second kappa shape index (κ2) is 4.47. The van der Waals surface area contributed by atoms with Crippen molar-refractivity contribution in [1.29, 1.82) is 0 Å². The third-order valence-corrected chi connectivity index (χ3v) is 5.14. The Bertz CT molecular complexity index is 1030. The molecule has 1 fully saturated rings. The van der Waals surface area contributed by atoms with Crippen LogP contribution < -0.4 is 5.56 Å². The maximum absolute atomic E-state index is 13.7. The third kappa shape index (κ3) is 1.79. The Labute approximate surface area is 135 Å². The van der Waals surface area contributed by atoms with E-state index in [-0.39, 0.29) is 18.5 Å². The molecule has 0 bridgehead atoms. The van der Waals surface area contributed by atoms with Crippen molar-refractivity contribution >= 4 is 10.9 Å². The quantitative estimate of drug-likeness (QED) is 0.691. The number of benzene rings is 1. The molecule has 3 heterocycles. The molecule has 0 N–H and O–H groups in total. The van der Waals surface area contributed by atoms with E-state index >= 15 is 0 Å². The maximum Gasteiger partial charge on any atom is 0.261 e. The van der Waals surface area contributed by atoms with E-state index in [9.17, 15) is 13.6 Å². The lowest BCUT2D eigenvalue weighted by Crippen LogP contribution is -2.29. The number of pyridine rings is 1. The normalized spacial score (nSPS) is 23.6. The minimum Gasteiger partial charge on any atom is -0.296 e. The number of alkyl halides is 2. The molecule has 1 aliphatic heterocycles. The topological polar surface area (TPSA) is 47.8 Å². The summed E-state index contributed by atoms with van der Waals surface area (Å²) in [4.78, 5) is 21.5. The van der Waals surface area contributed by atoms with Gasteiger partial charge in [-0.2, -0.15) is 0 Å². The number of aromatic nitrogens is 3. The first kappa shape index (κ1) is 13.8. The molecule has 1 aromatic carbocycles. The van der Waals surface area contributed by atoms with Gasteiger partial charge in [-0.05, 0) is 24.3 Å². The van der Waals surface area contributed by atoms with Gasteiger partial charge < -0.3 is 0 Å². The number of fused-ring (bicyclic) bond motifs is 3. The summed E-state index contributed by atoms with van der Waals surface area (Å²) in [6, 6.07) is 10.9. The van der Waals surface area contributed by atoms with Gasteiger partial charge in [-0.15, -0.1) is 0 Å². The van der Waals surface area contributed by atoms with Crippen LogP contribution in [0.3, 0.4) is 0 Å². The third-order valence-electron chi connectivity index (χ3n) is 5.14. The van der Waals surface area contributed by atoms with Crippen molar-refractivity contribution < 1.29 is 8.78 Å². The average molecular weight is 325 g/mol. The van der Waals surface area contributed by atoms with Gasteiger partial charge in [0, 0.05) is 30.6 Å². The molecule has 0 radical (unpaired) electrons. The highest BCUT2D eigenvalue weighted by atomic mass is 19.3. The molecule has 4 nitrogen and oxygen atoms in total. The number of rotatable bonds is 1. The Kier molecular flexibility index (Phi) is 2.56. The van der Waals surface area contributed by atoms with Crippen molar-refractivity contribution in [3.8, 4) is 11.3 Å². The van der Waals surface area contributed by atoms with Gasteiger partial charge in [-0.3, -0.25) is 14.3 Å². The predicted octanol–water partition coefficient (Wildman–Crippen LogP) is 2.90. The number of nitrogens with zero attached hydrogens (tertiary/aromatic N) is 3. The summed E-state index contributed by atoms with van der Waals surface area (Å²) in [5.74, 6) is -3.58. The first-order chi connectivity index (χ1) is 11.6. The van der Waals surface area contributed by atoms with Crippen LogP contribution in [0.4, 0.5) is 8.78 Å². The van der Waals surface area contributed by atoms with Crippen LogP contribution in [0, 0.1) is 11.8 Å². The second-order valence-electron chi connectivity index (χ2n) is 6.48. The van der Waals surface area contributed by atoms with E-state index in [0.29, 0.717) is 16.7 Å². The second-order valence-corrected chi connectivity index (χ2v) is 6.48. The van der Waals surface area contributed by atoms with Crippen molar-refractivity contribution in [3.05, 3.63) is 58.8 Å². The summed E-state index contributed by atoms with van der Waals surface area (Å²) in [6.45, 7) is 0.0662. The van der Waals surface area contributed by atoms with Crippen LogP contribution >= 0.6 is 0 Å². The van der Waals surface area contributed by atoms with Crippen LogP contribution in [-0.2, 0) is 13.0 Å². The monoisotopic (exact) mass is 325 g/mol. The Morgan fingerprint density at radius 2 is 2.04 bits per heavy atom. The zero-order chi connectivity index (χ0) is 16.5. The lowest BCUT2D eigenvalue weighted by Gasteiger charge is -2.16. The molecule has 1 saturated carbocycles. The fraction of sp³-hybridized carbons (Fsp3) is 0.278. The fourth-order valence-corrected chi connectivity index (χ4v) is 3.69. The van der Waals surface area contributed by atoms with Crippen LogP contribution in [0.15, 0.2) is 47.4 Å². The van der Waals surface area contributed by atoms with Crippen molar-refractivity contribution in [2.45, 2.75) is 18.9 Å². The number of hydrogen-bond donors (Lipinski definition) is 0. The lowest BCUT2D eigenvalue weighted by atomic mass is 10.1. The van der Waals surface area contributed by atoms with E-state index in [2.05, 4.69) is 9.97 Å². The summed E-state index contributed by atoms with van der Waals surface area (Å²) in [6.07, 6.45) is 1.86. The molecule has 2 aliphatic rings. The first-order valence-electron chi connectivity index (χ1n) is 7.88. The molecule has 2 unspecified atom stereocenters. The summed E-state index contributed by atoms with van der Waals surface area (Å²) in [7, 11) is 0. The molecule has 0 amide bonds. The predicted molar refractivity (Wildman–Crippen MR) is 84.9 cm³/mol. The van der Waals surface area contributed by atoms with E-state index in [0.717, 1.165) is 11.3 Å². The molecular weight excluding hydrogens is 312 g/mol. The van der Waals surface area contributed by atoms with E-state index in [1.54, 1.807) is 18.3 Å². The highest BCUT2D eigenvalue weighted by molar-refractivity contribution is 5.83. The van der Waals surface area contributed by atoms with Gasteiger partial charge in [0.15, 0.2) is 0 Å². The van der Waals surface area contributed by atoms with Gasteiger partial charge in [0.25, 0.3) is 11.5 Å². The molecule has 0 saturated heterocycles. The SMILES string of the molecule is O=c1c2ccc(-c3ccccn3)cc2nc2n1CC1C(C2)C1(F)F. The van der Waals surface area contributed by atoms with Crippen LogP contribution in [0.2, 0.25) is 0 Å². The molecule has 5 rings (SSSR count). The highest BCUT2D eigenvalue weighted by Crippen LogP contribution is 2.58. The Morgan fingerprint density at radius 3 is 2.83 bits per heavy atom. The highest BCUT2D eigenvalue weighted by Gasteiger charge is 2.69. The molecule has 6 heteroatoms. The van der Waals surface area contributed by atoms with Crippen molar-refractivity contribution in [1.82, 2.24) is 14.5 Å². The number of halogens is 2. The van der Waals surface area contributed by atoms with E-state index in [1.807, 2.05) is 24.3 Å². The Balaban J connectivity index is 1.67. The largest absolute Gasteiger partial charge is 0.296 e. The van der Waals surface area contributed by atoms with Crippen LogP contribution in [0.25, 0.3) is 22.2 Å². The molecule has 0 spiro atoms. The number of hydrogen-bond acceptors (Lipinski definition) is 3. The summed E-state index contributed by atoms with van der Waals surface area (Å²) in [5, 5.41) is 0.459. The van der Waals surface area contributed by atoms with Crippen molar-refractivity contribution in [3.63, 3.8) is 0 Å². The zero-order valence-corrected chi connectivity index (χ0v) is 12.6. The van der Waals surface area contributed by atoms with E-state index in [1.165, 1.54) is 4.57 Å². The van der Waals surface area contributed by atoms with Gasteiger partial charge in [-0.25, -0.2) is 13.8 Å². The van der Waals surface area contributed by atoms with Gasteiger partial charge in [0.1, 0.15) is 5.82 Å². The van der Waals surface area contributed by atoms with Crippen LogP contribution in [0.1, 0.15) is 5.82 Å². The van der Waals surface area contributed by atoms with E-state index < -0.39 is 17.8 Å². The zero-order valence-electron chi connectivity index (χ0n) is 12.6. The fourth-order valence-electron chi connectivity index (χ4n) is 3.69. The first-order valence-corrected chi connectivity index (χ1v) is 7.88. The molecular formula is C18H13F2N3O. The van der Waals surface area contributed by atoms with Gasteiger partial charge >= 0.3 is 0 Å². The van der Waals surface area contributed by atoms with Crippen molar-refractivity contribution in [2.75, 3.05) is 0 Å². The molecule has 24 heavy (non-hydrogen) atoms. The van der Waals surface area contributed by atoms with E-state index in [4.69, 9.17) is 0 Å². The minimum atomic E-state index is -2.66. The van der Waals surface area contributed by atoms with Gasteiger partial charge in [0.05, 0.1) is 22.5 Å². The maximum atomic E-state index is 13.7. The van der Waals surface area contributed by atoms with Crippen molar-refractivity contribution in [2.24, 2.45) is 11.8 Å². The molecule has 2 aromatic heterocycles. The van der Waals surface area contributed by atoms with Gasteiger partial charge in [0.2, 0.25) is 0 Å². The summed E-state index contributed by atoms with van der Waals surface area (Å²) in [5.41, 5.74) is 1.94. The van der Waals surface area contributed by atoms with Crippen LogP contribution in [-0.4, -0.2) is 20.5 Å². The van der Waals surface area contributed by atoms with Crippen LogP contribution in [0.5, 0.6) is 0 Å².